The van der Waals surface area contributed by atoms with Gasteiger partial charge in [0.25, 0.3) is 0 Å². The van der Waals surface area contributed by atoms with Crippen molar-refractivity contribution in [2.45, 2.75) is 33.4 Å². The van der Waals surface area contributed by atoms with E-state index < -0.39 is 0 Å². The molecule has 0 aliphatic rings. The predicted molar refractivity (Wildman–Crippen MR) is 92.3 cm³/mol. The van der Waals surface area contributed by atoms with E-state index >= 15 is 0 Å². The van der Waals surface area contributed by atoms with Crippen molar-refractivity contribution in [1.82, 2.24) is 14.9 Å². The number of ether oxygens (including phenoxy) is 2. The van der Waals surface area contributed by atoms with Crippen LogP contribution in [0.2, 0.25) is 5.02 Å². The van der Waals surface area contributed by atoms with Crippen LogP contribution in [0.1, 0.15) is 25.8 Å². The van der Waals surface area contributed by atoms with Crippen LogP contribution in [0.5, 0.6) is 11.5 Å². The molecule has 126 valence electrons. The molecule has 2 rings (SSSR count). The van der Waals surface area contributed by atoms with E-state index in [1.165, 1.54) is 0 Å². The molecule has 0 bridgehead atoms. The number of rotatable bonds is 10. The molecular weight excluding hydrogens is 314 g/mol. The van der Waals surface area contributed by atoms with Gasteiger partial charge in [-0.3, -0.25) is 0 Å². The first-order valence-electron chi connectivity index (χ1n) is 7.99. The van der Waals surface area contributed by atoms with Crippen LogP contribution in [0.4, 0.5) is 0 Å². The quantitative estimate of drug-likeness (QED) is 0.674. The molecule has 1 heterocycles. The van der Waals surface area contributed by atoms with Crippen LogP contribution in [0.15, 0.2) is 30.9 Å². The Balaban J connectivity index is 1.95. The van der Waals surface area contributed by atoms with Crippen LogP contribution in [0.25, 0.3) is 0 Å². The Kier molecular flexibility index (Phi) is 7.23. The van der Waals surface area contributed by atoms with Crippen LogP contribution < -0.4 is 14.8 Å². The number of hydrogen-bond donors (Lipinski definition) is 1. The van der Waals surface area contributed by atoms with Gasteiger partial charge in [-0.1, -0.05) is 18.5 Å². The number of aromatic nitrogens is 2. The summed E-state index contributed by atoms with van der Waals surface area (Å²) in [6.07, 6.45) is 6.47. The highest BCUT2D eigenvalue weighted by atomic mass is 35.5. The highest BCUT2D eigenvalue weighted by Crippen LogP contribution is 2.36. The molecular formula is C17H24ClN3O2. The first-order valence-corrected chi connectivity index (χ1v) is 8.36. The van der Waals surface area contributed by atoms with E-state index in [1.54, 1.807) is 6.20 Å². The van der Waals surface area contributed by atoms with E-state index in [0.29, 0.717) is 29.7 Å². The molecule has 0 spiro atoms. The molecule has 0 amide bonds. The van der Waals surface area contributed by atoms with Gasteiger partial charge in [0.2, 0.25) is 0 Å². The summed E-state index contributed by atoms with van der Waals surface area (Å²) in [5.74, 6) is 1.34. The van der Waals surface area contributed by atoms with Crippen LogP contribution in [-0.2, 0) is 13.1 Å². The molecule has 0 atom stereocenters. The fraction of sp³-hybridized carbons (Fsp3) is 0.471. The maximum atomic E-state index is 6.35. The molecule has 0 saturated carbocycles. The number of benzene rings is 1. The molecule has 5 nitrogen and oxygen atoms in total. The number of nitrogens with one attached hydrogen (secondary N) is 1. The Morgan fingerprint density at radius 2 is 2.13 bits per heavy atom. The van der Waals surface area contributed by atoms with Gasteiger partial charge in [0.1, 0.15) is 0 Å². The molecule has 2 aromatic rings. The van der Waals surface area contributed by atoms with Gasteiger partial charge in [-0.05, 0) is 31.0 Å². The summed E-state index contributed by atoms with van der Waals surface area (Å²) >= 11 is 6.35. The zero-order valence-electron chi connectivity index (χ0n) is 13.7. The van der Waals surface area contributed by atoms with Crippen molar-refractivity contribution in [3.8, 4) is 11.5 Å². The Bertz CT molecular complexity index is 588. The lowest BCUT2D eigenvalue weighted by atomic mass is 10.2. The molecule has 23 heavy (non-hydrogen) atoms. The Morgan fingerprint density at radius 3 is 2.83 bits per heavy atom. The van der Waals surface area contributed by atoms with Crippen molar-refractivity contribution in [1.29, 1.82) is 0 Å². The van der Waals surface area contributed by atoms with Crippen molar-refractivity contribution in [2.75, 3.05) is 19.8 Å². The fourth-order valence-corrected chi connectivity index (χ4v) is 2.48. The largest absolute Gasteiger partial charge is 0.490 e. The highest BCUT2D eigenvalue weighted by molar-refractivity contribution is 6.32. The van der Waals surface area contributed by atoms with Crippen LogP contribution in [0, 0.1) is 0 Å². The number of hydrogen-bond acceptors (Lipinski definition) is 4. The van der Waals surface area contributed by atoms with Gasteiger partial charge in [-0.2, -0.15) is 0 Å². The Hall–Kier alpha value is -1.72. The maximum absolute atomic E-state index is 6.35. The lowest BCUT2D eigenvalue weighted by Gasteiger charge is -2.15. The number of halogens is 1. The van der Waals surface area contributed by atoms with Crippen LogP contribution in [-0.4, -0.2) is 29.3 Å². The third-order valence-electron chi connectivity index (χ3n) is 3.25. The first-order chi connectivity index (χ1) is 11.2. The lowest BCUT2D eigenvalue weighted by molar-refractivity contribution is 0.277. The molecule has 6 heteroatoms. The van der Waals surface area contributed by atoms with Crippen molar-refractivity contribution >= 4 is 11.6 Å². The molecule has 1 aromatic carbocycles. The van der Waals surface area contributed by atoms with Gasteiger partial charge in [0.05, 0.1) is 24.6 Å². The molecule has 1 aromatic heterocycles. The number of imidazole rings is 1. The number of nitrogens with zero attached hydrogens (tertiary/aromatic N) is 2. The second-order valence-corrected chi connectivity index (χ2v) is 5.57. The molecule has 0 unspecified atom stereocenters. The van der Waals surface area contributed by atoms with Crippen LogP contribution >= 0.6 is 11.6 Å². The predicted octanol–water partition coefficient (Wildman–Crippen LogP) is 3.51. The molecule has 1 N–H and O–H groups in total. The smallest absolute Gasteiger partial charge is 0.179 e. The zero-order valence-corrected chi connectivity index (χ0v) is 14.5. The first kappa shape index (κ1) is 17.6. The lowest BCUT2D eigenvalue weighted by Crippen LogP contribution is -2.19. The molecule has 0 fully saturated rings. The zero-order chi connectivity index (χ0) is 16.5. The Labute approximate surface area is 142 Å². The van der Waals surface area contributed by atoms with Crippen molar-refractivity contribution in [3.63, 3.8) is 0 Å². The van der Waals surface area contributed by atoms with Gasteiger partial charge in [0, 0.05) is 32.0 Å². The van der Waals surface area contributed by atoms with E-state index in [9.17, 15) is 0 Å². The van der Waals surface area contributed by atoms with E-state index in [1.807, 2.05) is 36.1 Å². The van der Waals surface area contributed by atoms with Crippen LogP contribution in [0.3, 0.4) is 0 Å². The second kappa shape index (κ2) is 9.43. The second-order valence-electron chi connectivity index (χ2n) is 5.16. The van der Waals surface area contributed by atoms with Gasteiger partial charge in [-0.25, -0.2) is 4.98 Å². The van der Waals surface area contributed by atoms with Gasteiger partial charge >= 0.3 is 0 Å². The van der Waals surface area contributed by atoms with E-state index in [-0.39, 0.29) is 0 Å². The van der Waals surface area contributed by atoms with E-state index in [0.717, 1.165) is 31.6 Å². The van der Waals surface area contributed by atoms with Gasteiger partial charge in [-0.15, -0.1) is 0 Å². The maximum Gasteiger partial charge on any atom is 0.179 e. The summed E-state index contributed by atoms with van der Waals surface area (Å²) in [6, 6.07) is 3.92. The average molecular weight is 338 g/mol. The van der Waals surface area contributed by atoms with Gasteiger partial charge < -0.3 is 19.4 Å². The summed E-state index contributed by atoms with van der Waals surface area (Å²) in [4.78, 5) is 4.02. The normalized spacial score (nSPS) is 10.7. The van der Waals surface area contributed by atoms with Gasteiger partial charge in [0.15, 0.2) is 11.5 Å². The molecule has 0 aliphatic carbocycles. The molecule has 0 radical (unpaired) electrons. The van der Waals surface area contributed by atoms with Crippen molar-refractivity contribution < 1.29 is 9.47 Å². The minimum absolute atomic E-state index is 0.580. The van der Waals surface area contributed by atoms with Crippen molar-refractivity contribution in [2.24, 2.45) is 0 Å². The summed E-state index contributed by atoms with van der Waals surface area (Å²) < 4.78 is 13.4. The third-order valence-corrected chi connectivity index (χ3v) is 3.54. The Morgan fingerprint density at radius 1 is 1.26 bits per heavy atom. The minimum Gasteiger partial charge on any atom is -0.490 e. The molecule has 0 saturated heterocycles. The standard InChI is InChI=1S/C17H24ClN3O2/c1-3-9-23-17-15(18)10-14(11-16(17)22-4-2)12-19-5-7-21-8-6-20-13-21/h6,8,10-11,13,19H,3-5,7,9,12H2,1-2H3. The fourth-order valence-electron chi connectivity index (χ4n) is 2.19. The monoisotopic (exact) mass is 337 g/mol. The summed E-state index contributed by atoms with van der Waals surface area (Å²) in [5.41, 5.74) is 1.08. The molecule has 0 aliphatic heterocycles. The third kappa shape index (κ3) is 5.44. The topological polar surface area (TPSA) is 48.3 Å². The summed E-state index contributed by atoms with van der Waals surface area (Å²) in [6.45, 7) is 7.68. The van der Waals surface area contributed by atoms with E-state index in [4.69, 9.17) is 21.1 Å². The average Bonchev–Trinajstić information content (AvgIpc) is 3.04. The minimum atomic E-state index is 0.580. The highest BCUT2D eigenvalue weighted by Gasteiger charge is 2.12. The summed E-state index contributed by atoms with van der Waals surface area (Å²) in [5, 5.41) is 3.99. The summed E-state index contributed by atoms with van der Waals surface area (Å²) in [7, 11) is 0. The van der Waals surface area contributed by atoms with E-state index in [2.05, 4.69) is 17.2 Å². The SMILES string of the molecule is CCCOc1c(Cl)cc(CNCCn2ccnc2)cc1OCC. The van der Waals surface area contributed by atoms with Crippen molar-refractivity contribution in [3.05, 3.63) is 41.4 Å².